The molecule has 0 amide bonds. The Hall–Kier alpha value is 0.0700. The Bertz CT molecular complexity index is 200. The van der Waals surface area contributed by atoms with Gasteiger partial charge in [0.25, 0.3) is 0 Å². The second-order valence-electron chi connectivity index (χ2n) is 3.99. The summed E-state index contributed by atoms with van der Waals surface area (Å²) in [7, 11) is 10.4. The lowest BCUT2D eigenvalue weighted by Crippen LogP contribution is -2.30. The maximum atomic E-state index is 5.38. The van der Waals surface area contributed by atoms with Crippen molar-refractivity contribution in [2.24, 2.45) is 4.91 Å². The lowest BCUT2D eigenvalue weighted by atomic mass is 10.5. The van der Waals surface area contributed by atoms with Crippen LogP contribution in [-0.2, 0) is 4.84 Å². The summed E-state index contributed by atoms with van der Waals surface area (Å²) in [5, 5.41) is 0. The first-order valence-electron chi connectivity index (χ1n) is 5.16. The first-order valence-corrected chi connectivity index (χ1v) is 6.76. The van der Waals surface area contributed by atoms with Crippen molar-refractivity contribution in [2.75, 3.05) is 48.9 Å². The van der Waals surface area contributed by atoms with E-state index in [-0.39, 0.29) is 0 Å². The fraction of sp³-hybridized carbons (Fsp3) is 1.00. The van der Waals surface area contributed by atoms with Crippen molar-refractivity contribution in [1.82, 2.24) is 14.0 Å². The van der Waals surface area contributed by atoms with Gasteiger partial charge in [-0.05, 0) is 48.7 Å². The number of hydrogen-bond donors (Lipinski definition) is 0. The van der Waals surface area contributed by atoms with Crippen molar-refractivity contribution in [3.63, 3.8) is 0 Å². The van der Waals surface area contributed by atoms with Crippen molar-refractivity contribution >= 4 is 7.51 Å². The molecular weight excluding hydrogens is 211 g/mol. The molecule has 0 heterocycles. The van der Waals surface area contributed by atoms with Crippen LogP contribution in [0.1, 0.15) is 13.3 Å². The van der Waals surface area contributed by atoms with E-state index in [1.165, 1.54) is 0 Å². The quantitative estimate of drug-likeness (QED) is 0.401. The van der Waals surface area contributed by atoms with Crippen molar-refractivity contribution in [3.05, 3.63) is 0 Å². The van der Waals surface area contributed by atoms with E-state index in [1.54, 1.807) is 0 Å². The molecule has 0 aromatic heterocycles. The zero-order chi connectivity index (χ0) is 12.1. The summed E-state index contributed by atoms with van der Waals surface area (Å²) in [6.07, 6.45) is 0.984. The molecule has 0 spiro atoms. The number of hydrogen-bond acceptors (Lipinski definition) is 2. The first kappa shape index (κ1) is 15.1. The lowest BCUT2D eigenvalue weighted by molar-refractivity contribution is 0.142. The molecule has 0 N–H and O–H groups in total. The monoisotopic (exact) mass is 236 g/mol. The van der Waals surface area contributed by atoms with Crippen molar-refractivity contribution < 1.29 is 4.84 Å². The SMILES string of the molecule is CCCON=P(N(C)C)(N(C)C)N(C)C. The standard InChI is InChI=1S/C9H25N4OP/c1-8-9-14-10-15(11(2)3,12(4)5)13(6)7/h8-9H2,1-7H3. The molecule has 0 fully saturated rings. The van der Waals surface area contributed by atoms with Crippen LogP contribution in [0.4, 0.5) is 0 Å². The fourth-order valence-electron chi connectivity index (χ4n) is 1.50. The molecule has 0 aromatic rings. The second-order valence-corrected chi connectivity index (χ2v) is 7.63. The van der Waals surface area contributed by atoms with E-state index >= 15 is 0 Å². The summed E-state index contributed by atoms with van der Waals surface area (Å²) in [4.78, 5) is 9.81. The van der Waals surface area contributed by atoms with Crippen LogP contribution in [0, 0.1) is 0 Å². The Kier molecular flexibility index (Phi) is 6.64. The highest BCUT2D eigenvalue weighted by molar-refractivity contribution is 7.58. The molecule has 6 heteroatoms. The summed E-state index contributed by atoms with van der Waals surface area (Å²) in [5.41, 5.74) is 0. The average Bonchev–Trinajstić information content (AvgIpc) is 2.10. The van der Waals surface area contributed by atoms with Gasteiger partial charge in [0.15, 0.2) is 7.51 Å². The predicted molar refractivity (Wildman–Crippen MR) is 66.7 cm³/mol. The normalized spacial score (nSPS) is 12.9. The van der Waals surface area contributed by atoms with Crippen molar-refractivity contribution in [3.8, 4) is 0 Å². The minimum Gasteiger partial charge on any atom is -0.250 e. The van der Waals surface area contributed by atoms with Gasteiger partial charge in [0.1, 0.15) is 0 Å². The van der Waals surface area contributed by atoms with E-state index in [4.69, 9.17) is 4.84 Å². The highest BCUT2D eigenvalue weighted by Gasteiger charge is 2.29. The highest BCUT2D eigenvalue weighted by Crippen LogP contribution is 2.54. The molecule has 0 radical (unpaired) electrons. The van der Waals surface area contributed by atoms with Crippen LogP contribution in [0.3, 0.4) is 0 Å². The van der Waals surface area contributed by atoms with Gasteiger partial charge in [0.05, 0.1) is 6.61 Å². The summed E-state index contributed by atoms with van der Waals surface area (Å²) in [6, 6.07) is 0. The number of nitrogens with zero attached hydrogens (tertiary/aromatic N) is 4. The zero-order valence-electron chi connectivity index (χ0n) is 11.1. The molecule has 0 aromatic carbocycles. The van der Waals surface area contributed by atoms with Gasteiger partial charge in [-0.3, -0.25) is 18.8 Å². The smallest absolute Gasteiger partial charge is 0.196 e. The van der Waals surface area contributed by atoms with Gasteiger partial charge < -0.3 is 0 Å². The Balaban J connectivity index is 5.04. The molecule has 0 bridgehead atoms. The van der Waals surface area contributed by atoms with Gasteiger partial charge >= 0.3 is 0 Å². The topological polar surface area (TPSA) is 31.3 Å². The Morgan fingerprint density at radius 1 is 0.933 bits per heavy atom. The van der Waals surface area contributed by atoms with Gasteiger partial charge in [-0.15, -0.1) is 4.91 Å². The third kappa shape index (κ3) is 3.54. The number of rotatable bonds is 6. The molecule has 0 aliphatic heterocycles. The van der Waals surface area contributed by atoms with E-state index in [9.17, 15) is 0 Å². The van der Waals surface area contributed by atoms with E-state index < -0.39 is 7.51 Å². The molecule has 92 valence electrons. The third-order valence-electron chi connectivity index (χ3n) is 2.07. The average molecular weight is 236 g/mol. The van der Waals surface area contributed by atoms with E-state index in [2.05, 4.69) is 25.8 Å². The Morgan fingerprint density at radius 2 is 1.33 bits per heavy atom. The molecule has 5 nitrogen and oxygen atoms in total. The van der Waals surface area contributed by atoms with Crippen LogP contribution in [0.5, 0.6) is 0 Å². The van der Waals surface area contributed by atoms with E-state index in [0.717, 1.165) is 6.42 Å². The first-order chi connectivity index (χ1) is 6.89. The maximum Gasteiger partial charge on any atom is 0.196 e. The van der Waals surface area contributed by atoms with Crippen molar-refractivity contribution in [1.29, 1.82) is 0 Å². The van der Waals surface area contributed by atoms with Crippen molar-refractivity contribution in [2.45, 2.75) is 13.3 Å². The van der Waals surface area contributed by atoms with Gasteiger partial charge in [-0.1, -0.05) is 6.92 Å². The summed E-state index contributed by atoms with van der Waals surface area (Å²) >= 11 is 0. The lowest BCUT2D eigenvalue weighted by Gasteiger charge is -2.39. The van der Waals surface area contributed by atoms with Crippen LogP contribution in [-0.4, -0.2) is 62.9 Å². The summed E-state index contributed by atoms with van der Waals surface area (Å²) < 4.78 is 6.38. The molecule has 0 saturated heterocycles. The zero-order valence-corrected chi connectivity index (χ0v) is 12.0. The van der Waals surface area contributed by atoms with E-state index in [1.807, 2.05) is 42.3 Å². The van der Waals surface area contributed by atoms with Gasteiger partial charge in [0.2, 0.25) is 0 Å². The maximum absolute atomic E-state index is 5.38. The van der Waals surface area contributed by atoms with Gasteiger partial charge in [-0.25, -0.2) is 0 Å². The minimum absolute atomic E-state index is 0.678. The van der Waals surface area contributed by atoms with Crippen LogP contribution in [0.15, 0.2) is 4.91 Å². The van der Waals surface area contributed by atoms with Gasteiger partial charge in [-0.2, -0.15) is 0 Å². The molecule has 0 aliphatic carbocycles. The van der Waals surface area contributed by atoms with Gasteiger partial charge in [0, 0.05) is 0 Å². The third-order valence-corrected chi connectivity index (χ3v) is 5.63. The molecule has 0 atom stereocenters. The fourth-order valence-corrected chi connectivity index (χ4v) is 4.32. The second kappa shape index (κ2) is 6.61. The van der Waals surface area contributed by atoms with Crippen LogP contribution < -0.4 is 0 Å². The Morgan fingerprint density at radius 3 is 1.60 bits per heavy atom. The van der Waals surface area contributed by atoms with Crippen LogP contribution >= 0.6 is 7.51 Å². The molecule has 0 rings (SSSR count). The molecule has 0 aliphatic rings. The Labute approximate surface area is 94.2 Å². The summed E-state index contributed by atoms with van der Waals surface area (Å²) in [6.45, 7) is 2.76. The van der Waals surface area contributed by atoms with E-state index in [0.29, 0.717) is 6.61 Å². The van der Waals surface area contributed by atoms with Crippen LogP contribution in [0.2, 0.25) is 0 Å². The molecule has 15 heavy (non-hydrogen) atoms. The predicted octanol–water partition coefficient (Wildman–Crippen LogP) is 1.96. The molecule has 0 saturated carbocycles. The minimum atomic E-state index is -1.84. The largest absolute Gasteiger partial charge is 0.250 e. The molecule has 0 unspecified atom stereocenters. The highest BCUT2D eigenvalue weighted by atomic mass is 31.2. The molecular formula is C9H25N4OP. The van der Waals surface area contributed by atoms with Crippen LogP contribution in [0.25, 0.3) is 0 Å². The summed E-state index contributed by atoms with van der Waals surface area (Å²) in [5.74, 6) is 0.